The highest BCUT2D eigenvalue weighted by Crippen LogP contribution is 2.22. The Kier molecular flexibility index (Phi) is 4.75. The largest absolute Gasteiger partial charge is 0.388 e. The molecule has 0 bridgehead atoms. The molecule has 4 heteroatoms. The Morgan fingerprint density at radius 3 is 2.33 bits per heavy atom. The van der Waals surface area contributed by atoms with E-state index in [1.54, 1.807) is 0 Å². The molecule has 86 valence electrons. The molecule has 1 aromatic heterocycles. The second kappa shape index (κ2) is 5.85. The summed E-state index contributed by atoms with van der Waals surface area (Å²) < 4.78 is 2.07. The molecule has 0 atom stereocenters. The predicted octanol–water partition coefficient (Wildman–Crippen LogP) is 2.08. The fourth-order valence-electron chi connectivity index (χ4n) is 1.89. The van der Waals surface area contributed by atoms with Crippen LogP contribution in [0.15, 0.2) is 0 Å². The minimum atomic E-state index is -0.0207. The highest BCUT2D eigenvalue weighted by Gasteiger charge is 2.17. The van der Waals surface area contributed by atoms with Crippen LogP contribution < -0.4 is 0 Å². The molecule has 0 saturated carbocycles. The normalized spacial score (nSPS) is 11.3. The lowest BCUT2D eigenvalue weighted by atomic mass is 10.0. The van der Waals surface area contributed by atoms with Crippen LogP contribution in [0.5, 0.6) is 0 Å². The van der Waals surface area contributed by atoms with E-state index in [0.717, 1.165) is 31.6 Å². The fraction of sp³-hybridized carbons (Fsp3) is 0.818. The van der Waals surface area contributed by atoms with Gasteiger partial charge in [-0.1, -0.05) is 20.8 Å². The van der Waals surface area contributed by atoms with Crippen molar-refractivity contribution in [1.29, 1.82) is 0 Å². The molecule has 0 aliphatic heterocycles. The van der Waals surface area contributed by atoms with E-state index in [0.29, 0.717) is 11.7 Å². The first kappa shape index (κ1) is 12.2. The molecule has 0 aromatic carbocycles. The maximum Gasteiger partial charge on any atom is 0.158 e. The Morgan fingerprint density at radius 1 is 1.20 bits per heavy atom. The lowest BCUT2D eigenvalue weighted by Gasteiger charge is -2.14. The maximum atomic E-state index is 9.16. The Morgan fingerprint density at radius 2 is 1.87 bits per heavy atom. The predicted molar refractivity (Wildman–Crippen MR) is 59.6 cm³/mol. The molecule has 0 amide bonds. The molecule has 0 spiro atoms. The number of aliphatic hydroxyl groups is 1. The summed E-state index contributed by atoms with van der Waals surface area (Å²) in [5.74, 6) is 2.19. The summed E-state index contributed by atoms with van der Waals surface area (Å²) in [4.78, 5) is 0. The molecule has 15 heavy (non-hydrogen) atoms. The Balaban J connectivity index is 2.99. The van der Waals surface area contributed by atoms with Crippen LogP contribution in [0.2, 0.25) is 0 Å². The average molecular weight is 211 g/mol. The van der Waals surface area contributed by atoms with Crippen LogP contribution >= 0.6 is 0 Å². The summed E-state index contributed by atoms with van der Waals surface area (Å²) in [6, 6.07) is 0. The van der Waals surface area contributed by atoms with Gasteiger partial charge in [0.1, 0.15) is 12.4 Å². The number of rotatable bonds is 6. The Labute approximate surface area is 91.3 Å². The molecule has 0 radical (unpaired) electrons. The van der Waals surface area contributed by atoms with Crippen molar-refractivity contribution in [3.05, 3.63) is 11.6 Å². The van der Waals surface area contributed by atoms with Crippen molar-refractivity contribution >= 4 is 0 Å². The van der Waals surface area contributed by atoms with Crippen molar-refractivity contribution in [3.8, 4) is 0 Å². The van der Waals surface area contributed by atoms with Crippen molar-refractivity contribution in [3.63, 3.8) is 0 Å². The van der Waals surface area contributed by atoms with E-state index in [1.807, 2.05) is 0 Å². The van der Waals surface area contributed by atoms with Gasteiger partial charge >= 0.3 is 0 Å². The van der Waals surface area contributed by atoms with Gasteiger partial charge in [0.15, 0.2) is 5.82 Å². The third kappa shape index (κ3) is 2.56. The molecular weight excluding hydrogens is 190 g/mol. The second-order valence-corrected chi connectivity index (χ2v) is 3.80. The number of nitrogens with zero attached hydrogens (tertiary/aromatic N) is 3. The SMILES string of the molecule is CCCn1c(CO)nnc1C(CC)CC. The summed E-state index contributed by atoms with van der Waals surface area (Å²) in [7, 11) is 0. The van der Waals surface area contributed by atoms with E-state index in [2.05, 4.69) is 35.5 Å². The highest BCUT2D eigenvalue weighted by molar-refractivity contribution is 5.01. The zero-order chi connectivity index (χ0) is 11.3. The van der Waals surface area contributed by atoms with Crippen molar-refractivity contribution in [2.45, 2.75) is 59.1 Å². The first-order valence-electron chi connectivity index (χ1n) is 5.81. The zero-order valence-electron chi connectivity index (χ0n) is 9.90. The molecule has 1 N–H and O–H groups in total. The molecular formula is C11H21N3O. The van der Waals surface area contributed by atoms with E-state index >= 15 is 0 Å². The van der Waals surface area contributed by atoms with Crippen molar-refractivity contribution in [1.82, 2.24) is 14.8 Å². The van der Waals surface area contributed by atoms with Crippen molar-refractivity contribution in [2.24, 2.45) is 0 Å². The van der Waals surface area contributed by atoms with Crippen LogP contribution in [-0.2, 0) is 13.2 Å². The molecule has 4 nitrogen and oxygen atoms in total. The van der Waals surface area contributed by atoms with Crippen LogP contribution in [0, 0.1) is 0 Å². The maximum absolute atomic E-state index is 9.16. The second-order valence-electron chi connectivity index (χ2n) is 3.80. The van der Waals surface area contributed by atoms with Crippen molar-refractivity contribution in [2.75, 3.05) is 0 Å². The van der Waals surface area contributed by atoms with Crippen molar-refractivity contribution < 1.29 is 5.11 Å². The molecule has 0 aliphatic rings. The van der Waals surface area contributed by atoms with Crippen LogP contribution in [0.3, 0.4) is 0 Å². The van der Waals surface area contributed by atoms with Gasteiger partial charge in [-0.25, -0.2) is 0 Å². The summed E-state index contributed by atoms with van der Waals surface area (Å²) in [6.45, 7) is 7.33. The van der Waals surface area contributed by atoms with Gasteiger partial charge in [0, 0.05) is 12.5 Å². The molecule has 1 heterocycles. The lowest BCUT2D eigenvalue weighted by molar-refractivity contribution is 0.263. The highest BCUT2D eigenvalue weighted by atomic mass is 16.3. The van der Waals surface area contributed by atoms with Crippen LogP contribution in [-0.4, -0.2) is 19.9 Å². The molecule has 0 unspecified atom stereocenters. The van der Waals surface area contributed by atoms with Gasteiger partial charge in [0.25, 0.3) is 0 Å². The van der Waals surface area contributed by atoms with Gasteiger partial charge in [-0.3, -0.25) is 0 Å². The van der Waals surface area contributed by atoms with Crippen LogP contribution in [0.1, 0.15) is 57.6 Å². The summed E-state index contributed by atoms with van der Waals surface area (Å²) >= 11 is 0. The zero-order valence-corrected chi connectivity index (χ0v) is 9.90. The van der Waals surface area contributed by atoms with Gasteiger partial charge < -0.3 is 9.67 Å². The number of aliphatic hydroxyl groups excluding tert-OH is 1. The van der Waals surface area contributed by atoms with E-state index in [9.17, 15) is 0 Å². The third-order valence-corrected chi connectivity index (χ3v) is 2.80. The monoisotopic (exact) mass is 211 g/mol. The smallest absolute Gasteiger partial charge is 0.158 e. The minimum absolute atomic E-state index is 0.0207. The van der Waals surface area contributed by atoms with E-state index in [4.69, 9.17) is 5.11 Å². The van der Waals surface area contributed by atoms with E-state index < -0.39 is 0 Å². The van der Waals surface area contributed by atoms with Crippen LogP contribution in [0.4, 0.5) is 0 Å². The van der Waals surface area contributed by atoms with Crippen LogP contribution in [0.25, 0.3) is 0 Å². The topological polar surface area (TPSA) is 50.9 Å². The first-order valence-corrected chi connectivity index (χ1v) is 5.81. The number of hydrogen-bond donors (Lipinski definition) is 1. The first-order chi connectivity index (χ1) is 7.28. The van der Waals surface area contributed by atoms with E-state index in [1.165, 1.54) is 0 Å². The van der Waals surface area contributed by atoms with Gasteiger partial charge in [-0.2, -0.15) is 0 Å². The van der Waals surface area contributed by atoms with Gasteiger partial charge in [0.05, 0.1) is 0 Å². The Hall–Kier alpha value is -0.900. The number of hydrogen-bond acceptors (Lipinski definition) is 3. The Bertz CT molecular complexity index is 292. The molecule has 1 aromatic rings. The molecule has 0 aliphatic carbocycles. The fourth-order valence-corrected chi connectivity index (χ4v) is 1.89. The quantitative estimate of drug-likeness (QED) is 0.783. The summed E-state index contributed by atoms with van der Waals surface area (Å²) in [5, 5.41) is 17.4. The average Bonchev–Trinajstić information content (AvgIpc) is 2.64. The molecule has 0 fully saturated rings. The number of aromatic nitrogens is 3. The third-order valence-electron chi connectivity index (χ3n) is 2.80. The van der Waals surface area contributed by atoms with Gasteiger partial charge in [-0.05, 0) is 19.3 Å². The lowest BCUT2D eigenvalue weighted by Crippen LogP contribution is -2.11. The summed E-state index contributed by atoms with van der Waals surface area (Å²) in [6.07, 6.45) is 3.19. The molecule has 1 rings (SSSR count). The summed E-state index contributed by atoms with van der Waals surface area (Å²) in [5.41, 5.74) is 0. The van der Waals surface area contributed by atoms with E-state index in [-0.39, 0.29) is 6.61 Å². The molecule has 0 saturated heterocycles. The van der Waals surface area contributed by atoms with Gasteiger partial charge in [-0.15, -0.1) is 10.2 Å². The van der Waals surface area contributed by atoms with Gasteiger partial charge in [0.2, 0.25) is 0 Å². The minimum Gasteiger partial charge on any atom is -0.388 e. The standard InChI is InChI=1S/C11H21N3O/c1-4-7-14-10(8-15)12-13-11(14)9(5-2)6-3/h9,15H,4-8H2,1-3H3.